The van der Waals surface area contributed by atoms with Crippen LogP contribution in [0.4, 0.5) is 4.79 Å². The highest BCUT2D eigenvalue weighted by Crippen LogP contribution is 2.32. The van der Waals surface area contributed by atoms with Gasteiger partial charge in [0, 0.05) is 37.5 Å². The Labute approximate surface area is 161 Å². The average molecular weight is 390 g/mol. The lowest BCUT2D eigenvalue weighted by Gasteiger charge is -2.27. The van der Waals surface area contributed by atoms with Gasteiger partial charge in [0.1, 0.15) is 0 Å². The van der Waals surface area contributed by atoms with E-state index in [1.54, 1.807) is 22.7 Å². The number of carbonyl (C=O) groups is 2. The van der Waals surface area contributed by atoms with Gasteiger partial charge in [-0.3, -0.25) is 4.79 Å². The summed E-state index contributed by atoms with van der Waals surface area (Å²) in [5.41, 5.74) is 2.49. The summed E-state index contributed by atoms with van der Waals surface area (Å²) >= 11 is 3.44. The summed E-state index contributed by atoms with van der Waals surface area (Å²) in [7, 11) is 0. The predicted molar refractivity (Wildman–Crippen MR) is 104 cm³/mol. The van der Waals surface area contributed by atoms with Crippen molar-refractivity contribution in [2.75, 3.05) is 19.6 Å². The van der Waals surface area contributed by atoms with Crippen LogP contribution in [0, 0.1) is 0 Å². The molecular formula is C19H23N3O2S2. The highest BCUT2D eigenvalue weighted by molar-refractivity contribution is 7.10. The zero-order valence-corrected chi connectivity index (χ0v) is 16.3. The summed E-state index contributed by atoms with van der Waals surface area (Å²) in [5, 5.41) is 9.22. The number of likely N-dealkylation sites (tertiary alicyclic amines) is 1. The van der Waals surface area contributed by atoms with Gasteiger partial charge in [-0.15, -0.1) is 11.3 Å². The molecule has 5 nitrogen and oxygen atoms in total. The number of nitrogens with zero attached hydrogens (tertiary/aromatic N) is 2. The molecule has 0 radical (unpaired) electrons. The molecule has 1 atom stereocenters. The fourth-order valence-electron chi connectivity index (χ4n) is 3.82. The largest absolute Gasteiger partial charge is 0.338 e. The Kier molecular flexibility index (Phi) is 5.26. The molecule has 4 heterocycles. The highest BCUT2D eigenvalue weighted by Gasteiger charge is 2.30. The first-order valence-corrected chi connectivity index (χ1v) is 10.9. The molecule has 0 aliphatic carbocycles. The van der Waals surface area contributed by atoms with Crippen molar-refractivity contribution >= 4 is 34.6 Å². The standard InChI is InChI=1S/C19H23N3O2S2/c23-18(21-9-4-17-14(12-21)6-11-26-17)3-7-20-19(24)22-8-1-2-16(22)15-5-10-25-13-15/h5-6,10-11,13,16H,1-4,7-9,12H2,(H,20,24). The molecule has 2 aliphatic rings. The molecular weight excluding hydrogens is 366 g/mol. The van der Waals surface area contributed by atoms with Crippen molar-refractivity contribution in [1.82, 2.24) is 15.1 Å². The fourth-order valence-corrected chi connectivity index (χ4v) is 5.42. The monoisotopic (exact) mass is 389 g/mol. The van der Waals surface area contributed by atoms with Crippen LogP contribution in [0.1, 0.15) is 41.3 Å². The molecule has 26 heavy (non-hydrogen) atoms. The van der Waals surface area contributed by atoms with Crippen molar-refractivity contribution in [3.8, 4) is 0 Å². The van der Waals surface area contributed by atoms with E-state index in [-0.39, 0.29) is 18.0 Å². The normalized spacial score (nSPS) is 19.5. The summed E-state index contributed by atoms with van der Waals surface area (Å²) in [6.07, 6.45) is 3.35. The molecule has 138 valence electrons. The van der Waals surface area contributed by atoms with E-state index in [4.69, 9.17) is 0 Å². The molecule has 2 aliphatic heterocycles. The molecule has 2 aromatic rings. The smallest absolute Gasteiger partial charge is 0.317 e. The molecule has 1 saturated heterocycles. The summed E-state index contributed by atoms with van der Waals surface area (Å²) in [4.78, 5) is 30.2. The number of urea groups is 1. The van der Waals surface area contributed by atoms with Gasteiger partial charge in [-0.25, -0.2) is 4.79 Å². The molecule has 1 N–H and O–H groups in total. The number of hydrogen-bond donors (Lipinski definition) is 1. The minimum absolute atomic E-state index is 0.0507. The minimum atomic E-state index is -0.0507. The van der Waals surface area contributed by atoms with Crippen LogP contribution in [-0.2, 0) is 17.8 Å². The Morgan fingerprint density at radius 3 is 3.00 bits per heavy atom. The lowest BCUT2D eigenvalue weighted by Crippen LogP contribution is -2.42. The van der Waals surface area contributed by atoms with E-state index in [2.05, 4.69) is 33.6 Å². The van der Waals surface area contributed by atoms with Crippen molar-refractivity contribution in [1.29, 1.82) is 0 Å². The third kappa shape index (κ3) is 3.64. The number of nitrogens with one attached hydrogen (secondary N) is 1. The molecule has 0 bridgehead atoms. The van der Waals surface area contributed by atoms with Gasteiger partial charge in [0.25, 0.3) is 0 Å². The molecule has 7 heteroatoms. The van der Waals surface area contributed by atoms with E-state index in [0.29, 0.717) is 19.5 Å². The van der Waals surface area contributed by atoms with Gasteiger partial charge in [-0.05, 0) is 58.7 Å². The van der Waals surface area contributed by atoms with Crippen LogP contribution in [0.3, 0.4) is 0 Å². The average Bonchev–Trinajstić information content (AvgIpc) is 3.41. The number of thiophene rings is 2. The van der Waals surface area contributed by atoms with E-state index in [1.807, 2.05) is 9.80 Å². The Balaban J connectivity index is 1.25. The van der Waals surface area contributed by atoms with Crippen LogP contribution in [0.15, 0.2) is 28.3 Å². The van der Waals surface area contributed by atoms with Gasteiger partial charge < -0.3 is 15.1 Å². The summed E-state index contributed by atoms with van der Waals surface area (Å²) in [6.45, 7) is 2.68. The quantitative estimate of drug-likeness (QED) is 0.868. The number of hydrogen-bond acceptors (Lipinski definition) is 4. The Morgan fingerprint density at radius 1 is 1.23 bits per heavy atom. The van der Waals surface area contributed by atoms with E-state index < -0.39 is 0 Å². The van der Waals surface area contributed by atoms with E-state index in [1.165, 1.54) is 16.0 Å². The van der Waals surface area contributed by atoms with Crippen molar-refractivity contribution in [3.63, 3.8) is 0 Å². The SMILES string of the molecule is O=C(CCNC(=O)N1CCCC1c1ccsc1)N1CCc2sccc2C1. The van der Waals surface area contributed by atoms with Gasteiger partial charge in [0.15, 0.2) is 0 Å². The molecule has 0 spiro atoms. The predicted octanol–water partition coefficient (Wildman–Crippen LogP) is 3.63. The minimum Gasteiger partial charge on any atom is -0.338 e. The van der Waals surface area contributed by atoms with Gasteiger partial charge in [0.2, 0.25) is 5.91 Å². The lowest BCUT2D eigenvalue weighted by atomic mass is 10.1. The topological polar surface area (TPSA) is 52.7 Å². The maximum absolute atomic E-state index is 12.5. The molecule has 0 aromatic carbocycles. The molecule has 1 fully saturated rings. The third-order valence-electron chi connectivity index (χ3n) is 5.22. The van der Waals surface area contributed by atoms with Crippen LogP contribution in [-0.4, -0.2) is 41.4 Å². The van der Waals surface area contributed by atoms with Crippen molar-refractivity contribution in [3.05, 3.63) is 44.3 Å². The Hall–Kier alpha value is -1.86. The molecule has 2 aromatic heterocycles. The van der Waals surface area contributed by atoms with Crippen molar-refractivity contribution in [2.45, 2.75) is 38.3 Å². The second kappa shape index (κ2) is 7.80. The molecule has 1 unspecified atom stereocenters. The lowest BCUT2D eigenvalue weighted by molar-refractivity contribution is -0.131. The summed E-state index contributed by atoms with van der Waals surface area (Å²) < 4.78 is 0. The number of amides is 3. The van der Waals surface area contributed by atoms with Crippen LogP contribution in [0.25, 0.3) is 0 Å². The van der Waals surface area contributed by atoms with Crippen LogP contribution in [0.5, 0.6) is 0 Å². The second-order valence-electron chi connectivity index (χ2n) is 6.82. The first kappa shape index (κ1) is 17.5. The van der Waals surface area contributed by atoms with Crippen LogP contribution < -0.4 is 5.32 Å². The molecule has 3 amide bonds. The maximum Gasteiger partial charge on any atom is 0.317 e. The summed E-state index contributed by atoms with van der Waals surface area (Å²) in [6, 6.07) is 4.33. The van der Waals surface area contributed by atoms with Crippen molar-refractivity contribution in [2.24, 2.45) is 0 Å². The second-order valence-corrected chi connectivity index (χ2v) is 8.61. The number of rotatable bonds is 4. The zero-order valence-electron chi connectivity index (χ0n) is 14.6. The van der Waals surface area contributed by atoms with E-state index >= 15 is 0 Å². The van der Waals surface area contributed by atoms with E-state index in [0.717, 1.165) is 32.4 Å². The van der Waals surface area contributed by atoms with E-state index in [9.17, 15) is 9.59 Å². The third-order valence-corrected chi connectivity index (χ3v) is 6.94. The number of carbonyl (C=O) groups excluding carboxylic acids is 2. The zero-order chi connectivity index (χ0) is 17.9. The Bertz CT molecular complexity index is 772. The first-order valence-electron chi connectivity index (χ1n) is 9.12. The van der Waals surface area contributed by atoms with Gasteiger partial charge >= 0.3 is 6.03 Å². The fraction of sp³-hybridized carbons (Fsp3) is 0.474. The highest BCUT2D eigenvalue weighted by atomic mass is 32.1. The van der Waals surface area contributed by atoms with Crippen molar-refractivity contribution < 1.29 is 9.59 Å². The van der Waals surface area contributed by atoms with Gasteiger partial charge in [0.05, 0.1) is 6.04 Å². The Morgan fingerprint density at radius 2 is 2.15 bits per heavy atom. The first-order chi connectivity index (χ1) is 12.7. The summed E-state index contributed by atoms with van der Waals surface area (Å²) in [5.74, 6) is 0.123. The molecule has 0 saturated carbocycles. The maximum atomic E-state index is 12.5. The number of fused-ring (bicyclic) bond motifs is 1. The van der Waals surface area contributed by atoms with Crippen LogP contribution >= 0.6 is 22.7 Å². The van der Waals surface area contributed by atoms with Crippen LogP contribution in [0.2, 0.25) is 0 Å². The van der Waals surface area contributed by atoms with Gasteiger partial charge in [-0.1, -0.05) is 0 Å². The molecule has 4 rings (SSSR count). The van der Waals surface area contributed by atoms with Gasteiger partial charge in [-0.2, -0.15) is 11.3 Å².